The molecular formula is C28H32N2O6S. The molecule has 1 saturated heterocycles. The van der Waals surface area contributed by atoms with E-state index in [2.05, 4.69) is 23.0 Å². The standard InChI is InChI=1S/C28H32N2O6S/c1-17-5-8-19(9-6-17)37(31,32)25-27(35-16-29-25)11-12-28(34-4)21-15-18-7-10-20(33-3)23-22(18)26(28,24(27)36-23)13-14-30(21)2/h5-10,16,21,24-25H,11-15H2,1-4H3/t21-,24-,25+,26+,27+,28-/m1/s1. The van der Waals surface area contributed by atoms with Crippen LogP contribution in [0, 0.1) is 6.92 Å². The summed E-state index contributed by atoms with van der Waals surface area (Å²) < 4.78 is 53.8. The zero-order chi connectivity index (χ0) is 25.8. The van der Waals surface area contributed by atoms with E-state index in [1.165, 1.54) is 12.0 Å². The highest BCUT2D eigenvalue weighted by molar-refractivity contribution is 7.92. The van der Waals surface area contributed by atoms with Gasteiger partial charge in [0.25, 0.3) is 0 Å². The third-order valence-electron chi connectivity index (χ3n) is 9.88. The molecule has 3 heterocycles. The molecule has 0 aromatic heterocycles. The van der Waals surface area contributed by atoms with Crippen molar-refractivity contribution >= 4 is 16.2 Å². The summed E-state index contributed by atoms with van der Waals surface area (Å²) in [4.78, 5) is 7.11. The minimum absolute atomic E-state index is 0.135. The van der Waals surface area contributed by atoms with Gasteiger partial charge in [-0.05, 0) is 70.0 Å². The van der Waals surface area contributed by atoms with Crippen LogP contribution in [0.1, 0.15) is 36.0 Å². The van der Waals surface area contributed by atoms with Crippen molar-refractivity contribution in [3.63, 3.8) is 0 Å². The lowest BCUT2D eigenvalue weighted by atomic mass is 9.46. The SMILES string of the molecule is COc1ccc2c3c1O[C@H]1[C@]4(CC[C@@]5(OC)[C@@H](C2)N(C)CC[C@]315)OC=N[C@H]4S(=O)(=O)c1ccc(C)cc1. The highest BCUT2D eigenvalue weighted by Crippen LogP contribution is 2.69. The Labute approximate surface area is 217 Å². The van der Waals surface area contributed by atoms with E-state index in [0.29, 0.717) is 24.3 Å². The van der Waals surface area contributed by atoms with Crippen LogP contribution in [0.3, 0.4) is 0 Å². The minimum Gasteiger partial charge on any atom is -0.493 e. The number of likely N-dealkylation sites (tertiary alicyclic amines) is 1. The van der Waals surface area contributed by atoms with Crippen LogP contribution < -0.4 is 9.47 Å². The van der Waals surface area contributed by atoms with E-state index in [-0.39, 0.29) is 10.9 Å². The maximum atomic E-state index is 14.1. The first-order valence-electron chi connectivity index (χ1n) is 12.9. The fourth-order valence-corrected chi connectivity index (χ4v) is 10.1. The number of rotatable bonds is 4. The summed E-state index contributed by atoms with van der Waals surface area (Å²) in [5.74, 6) is 1.34. The van der Waals surface area contributed by atoms with Crippen LogP contribution in [0.5, 0.6) is 11.5 Å². The molecule has 7 rings (SSSR count). The lowest BCUT2D eigenvalue weighted by molar-refractivity contribution is -0.236. The number of aryl methyl sites for hydroxylation is 1. The lowest BCUT2D eigenvalue weighted by Gasteiger charge is -2.66. The average Bonchev–Trinajstić information content (AvgIpc) is 3.48. The Kier molecular flexibility index (Phi) is 4.75. The molecule has 2 aromatic rings. The van der Waals surface area contributed by atoms with Gasteiger partial charge in [-0.2, -0.15) is 0 Å². The summed E-state index contributed by atoms with van der Waals surface area (Å²) in [6, 6.07) is 11.2. The molecular weight excluding hydrogens is 492 g/mol. The van der Waals surface area contributed by atoms with Crippen molar-refractivity contribution in [2.24, 2.45) is 4.99 Å². The fraction of sp³-hybridized carbons (Fsp3) is 0.536. The van der Waals surface area contributed by atoms with E-state index in [0.717, 1.165) is 30.5 Å². The van der Waals surface area contributed by atoms with Crippen LogP contribution in [0.25, 0.3) is 0 Å². The maximum absolute atomic E-state index is 14.1. The second-order valence-corrected chi connectivity index (χ2v) is 13.2. The first-order chi connectivity index (χ1) is 17.7. The summed E-state index contributed by atoms with van der Waals surface area (Å²) in [6.07, 6.45) is 3.39. The summed E-state index contributed by atoms with van der Waals surface area (Å²) >= 11 is 0. The molecule has 2 fully saturated rings. The van der Waals surface area contributed by atoms with Gasteiger partial charge in [0.1, 0.15) is 0 Å². The summed E-state index contributed by atoms with van der Waals surface area (Å²) in [6.45, 7) is 2.78. The molecule has 196 valence electrons. The summed E-state index contributed by atoms with van der Waals surface area (Å²) in [5, 5.41) is -1.12. The van der Waals surface area contributed by atoms with Gasteiger partial charge in [0, 0.05) is 18.7 Å². The Balaban J connectivity index is 1.46. The number of sulfone groups is 1. The molecule has 6 atom stereocenters. The Morgan fingerprint density at radius 2 is 1.86 bits per heavy atom. The molecule has 37 heavy (non-hydrogen) atoms. The normalized spacial score (nSPS) is 37.2. The van der Waals surface area contributed by atoms with Crippen molar-refractivity contribution in [2.45, 2.75) is 71.6 Å². The predicted molar refractivity (Wildman–Crippen MR) is 137 cm³/mol. The largest absolute Gasteiger partial charge is 0.493 e. The van der Waals surface area contributed by atoms with Crippen molar-refractivity contribution in [1.82, 2.24) is 4.90 Å². The van der Waals surface area contributed by atoms with Gasteiger partial charge in [-0.25, -0.2) is 13.4 Å². The van der Waals surface area contributed by atoms with E-state index in [9.17, 15) is 8.42 Å². The molecule has 0 radical (unpaired) electrons. The van der Waals surface area contributed by atoms with Crippen LogP contribution in [0.2, 0.25) is 0 Å². The minimum atomic E-state index is -3.87. The van der Waals surface area contributed by atoms with E-state index in [4.69, 9.17) is 18.9 Å². The monoisotopic (exact) mass is 524 g/mol. The molecule has 8 nitrogen and oxygen atoms in total. The highest BCUT2D eigenvalue weighted by Gasteiger charge is 2.79. The van der Waals surface area contributed by atoms with Gasteiger partial charge < -0.3 is 23.8 Å². The first-order valence-corrected chi connectivity index (χ1v) is 14.4. The van der Waals surface area contributed by atoms with Crippen molar-refractivity contribution in [2.75, 3.05) is 27.8 Å². The van der Waals surface area contributed by atoms with Crippen LogP contribution in [0.15, 0.2) is 46.3 Å². The van der Waals surface area contributed by atoms with Crippen LogP contribution in [-0.4, -0.2) is 76.3 Å². The zero-order valence-corrected chi connectivity index (χ0v) is 22.4. The number of piperidine rings is 1. The Hall–Kier alpha value is -2.62. The number of fused-ring (bicyclic) bond motifs is 1. The second-order valence-electron chi connectivity index (χ2n) is 11.2. The molecule has 3 aliphatic heterocycles. The molecule has 1 saturated carbocycles. The van der Waals surface area contributed by atoms with Gasteiger partial charge in [0.2, 0.25) is 15.2 Å². The quantitative estimate of drug-likeness (QED) is 0.608. The van der Waals surface area contributed by atoms with Gasteiger partial charge in [-0.1, -0.05) is 23.8 Å². The number of nitrogens with zero attached hydrogens (tertiary/aromatic N) is 2. The van der Waals surface area contributed by atoms with Crippen molar-refractivity contribution in [3.05, 3.63) is 53.1 Å². The van der Waals surface area contributed by atoms with Gasteiger partial charge in [-0.3, -0.25) is 0 Å². The van der Waals surface area contributed by atoms with Crippen molar-refractivity contribution in [3.8, 4) is 11.5 Å². The molecule has 2 aromatic carbocycles. The number of hydrogen-bond acceptors (Lipinski definition) is 8. The second kappa shape index (κ2) is 7.48. The summed E-state index contributed by atoms with van der Waals surface area (Å²) in [5.41, 5.74) is 0.967. The van der Waals surface area contributed by atoms with Gasteiger partial charge in [0.05, 0.1) is 23.0 Å². The Morgan fingerprint density at radius 3 is 2.59 bits per heavy atom. The predicted octanol–water partition coefficient (Wildman–Crippen LogP) is 3.04. The summed E-state index contributed by atoms with van der Waals surface area (Å²) in [7, 11) is 1.72. The molecule has 0 amide bonds. The molecule has 5 aliphatic rings. The zero-order valence-electron chi connectivity index (χ0n) is 21.6. The van der Waals surface area contributed by atoms with Gasteiger partial charge >= 0.3 is 0 Å². The average molecular weight is 525 g/mol. The molecule has 2 aliphatic carbocycles. The number of aliphatic imine (C=N–C) groups is 1. The first kappa shape index (κ1) is 23.5. The third-order valence-corrected chi connectivity index (χ3v) is 11.9. The lowest BCUT2D eigenvalue weighted by Crippen LogP contribution is -2.80. The number of benzene rings is 2. The van der Waals surface area contributed by atoms with Crippen molar-refractivity contribution in [1.29, 1.82) is 0 Å². The van der Waals surface area contributed by atoms with E-state index in [1.807, 2.05) is 25.1 Å². The highest BCUT2D eigenvalue weighted by atomic mass is 32.2. The number of ether oxygens (including phenoxy) is 4. The van der Waals surface area contributed by atoms with E-state index >= 15 is 0 Å². The van der Waals surface area contributed by atoms with E-state index < -0.39 is 37.9 Å². The third kappa shape index (κ3) is 2.60. The Bertz CT molecular complexity index is 1420. The van der Waals surface area contributed by atoms with Gasteiger partial charge in [-0.15, -0.1) is 0 Å². The van der Waals surface area contributed by atoms with Crippen LogP contribution >= 0.6 is 0 Å². The molecule has 0 unspecified atom stereocenters. The van der Waals surface area contributed by atoms with Gasteiger partial charge in [0.15, 0.2) is 29.6 Å². The van der Waals surface area contributed by atoms with Crippen molar-refractivity contribution < 1.29 is 27.4 Å². The Morgan fingerprint density at radius 1 is 1.08 bits per heavy atom. The molecule has 0 N–H and O–H groups in total. The topological polar surface area (TPSA) is 86.7 Å². The number of likely N-dealkylation sites (N-methyl/N-ethyl adjacent to an activating group) is 1. The van der Waals surface area contributed by atoms with Crippen LogP contribution in [-0.2, 0) is 31.1 Å². The molecule has 9 heteroatoms. The van der Waals surface area contributed by atoms with E-state index in [1.54, 1.807) is 26.4 Å². The smallest absolute Gasteiger partial charge is 0.205 e. The molecule has 2 spiro atoms. The maximum Gasteiger partial charge on any atom is 0.205 e. The van der Waals surface area contributed by atoms with Crippen LogP contribution in [0.4, 0.5) is 0 Å². The molecule has 2 bridgehead atoms. The fourth-order valence-electron chi connectivity index (χ4n) is 8.26. The number of methoxy groups -OCH3 is 2. The number of hydrogen-bond donors (Lipinski definition) is 0.